The molecule has 0 spiro atoms. The molecule has 0 aliphatic rings. The molecule has 8 nitrogen and oxygen atoms in total. The van der Waals surface area contributed by atoms with Crippen LogP contribution in [0.1, 0.15) is 32.8 Å². The van der Waals surface area contributed by atoms with Gasteiger partial charge in [-0.2, -0.15) is 0 Å². The van der Waals surface area contributed by atoms with Crippen molar-refractivity contribution >= 4 is 50.7 Å². The Morgan fingerprint density at radius 2 is 1.77 bits per heavy atom. The number of rotatable bonds is 11. The number of ether oxygens (including phenoxy) is 1. The zero-order chi connectivity index (χ0) is 26.3. The van der Waals surface area contributed by atoms with Gasteiger partial charge in [0.2, 0.25) is 21.8 Å². The van der Waals surface area contributed by atoms with Crippen LogP contribution in [0.2, 0.25) is 10.0 Å². The number of amides is 2. The lowest BCUT2D eigenvalue weighted by atomic mass is 10.1. The molecule has 0 saturated heterocycles. The normalized spacial score (nSPS) is 12.2. The molecule has 0 aliphatic carbocycles. The highest BCUT2D eigenvalue weighted by Gasteiger charge is 2.32. The van der Waals surface area contributed by atoms with Crippen molar-refractivity contribution in [3.8, 4) is 5.75 Å². The van der Waals surface area contributed by atoms with Crippen LogP contribution in [0.4, 0.5) is 5.69 Å². The van der Waals surface area contributed by atoms with Crippen molar-refractivity contribution in [3.05, 3.63) is 58.1 Å². The number of carbonyl (C=O) groups is 2. The average molecular weight is 545 g/mol. The average Bonchev–Trinajstić information content (AvgIpc) is 2.78. The van der Waals surface area contributed by atoms with E-state index in [0.29, 0.717) is 12.2 Å². The van der Waals surface area contributed by atoms with Gasteiger partial charge in [-0.25, -0.2) is 8.42 Å². The summed E-state index contributed by atoms with van der Waals surface area (Å²) in [4.78, 5) is 28.0. The van der Waals surface area contributed by atoms with Crippen molar-refractivity contribution in [2.75, 3.05) is 24.2 Å². The number of methoxy groups -OCH3 is 1. The van der Waals surface area contributed by atoms with Gasteiger partial charge >= 0.3 is 0 Å². The van der Waals surface area contributed by atoms with E-state index in [-0.39, 0.29) is 34.2 Å². The first-order chi connectivity index (χ1) is 16.4. The Bertz CT molecular complexity index is 1160. The fourth-order valence-corrected chi connectivity index (χ4v) is 4.66. The van der Waals surface area contributed by atoms with Gasteiger partial charge < -0.3 is 15.0 Å². The Labute approximate surface area is 217 Å². The summed E-state index contributed by atoms with van der Waals surface area (Å²) in [6.45, 7) is 5.01. The second kappa shape index (κ2) is 12.5. The van der Waals surface area contributed by atoms with E-state index < -0.39 is 28.5 Å². The number of hydrogen-bond donors (Lipinski definition) is 1. The lowest BCUT2D eigenvalue weighted by Gasteiger charge is -2.33. The number of sulfonamides is 1. The highest BCUT2D eigenvalue weighted by molar-refractivity contribution is 7.92. The number of halogens is 2. The molecule has 2 aromatic rings. The Hall–Kier alpha value is -2.49. The van der Waals surface area contributed by atoms with Crippen molar-refractivity contribution in [1.29, 1.82) is 0 Å². The molecule has 0 radical (unpaired) electrons. The first-order valence-electron chi connectivity index (χ1n) is 11.0. The minimum absolute atomic E-state index is 0.0824. The molecule has 0 aromatic heterocycles. The molecule has 0 heterocycles. The predicted molar refractivity (Wildman–Crippen MR) is 140 cm³/mol. The molecule has 0 unspecified atom stereocenters. The summed E-state index contributed by atoms with van der Waals surface area (Å²) in [7, 11) is -2.33. The van der Waals surface area contributed by atoms with E-state index >= 15 is 0 Å². The van der Waals surface area contributed by atoms with Crippen LogP contribution in [0.25, 0.3) is 0 Å². The maximum Gasteiger partial charge on any atom is 0.244 e. The Balaban J connectivity index is 2.47. The van der Waals surface area contributed by atoms with Crippen molar-refractivity contribution < 1.29 is 22.7 Å². The van der Waals surface area contributed by atoms with Gasteiger partial charge in [-0.15, -0.1) is 0 Å². The second-order valence-corrected chi connectivity index (χ2v) is 11.0. The van der Waals surface area contributed by atoms with Crippen molar-refractivity contribution in [2.45, 2.75) is 45.8 Å². The molecule has 35 heavy (non-hydrogen) atoms. The molecule has 0 bridgehead atoms. The fraction of sp³-hybridized carbons (Fsp3) is 0.417. The van der Waals surface area contributed by atoms with Crippen LogP contribution in [0.3, 0.4) is 0 Å². The third-order valence-electron chi connectivity index (χ3n) is 5.17. The molecule has 0 fully saturated rings. The van der Waals surface area contributed by atoms with Gasteiger partial charge in [-0.3, -0.25) is 13.9 Å². The topological polar surface area (TPSA) is 96.0 Å². The first kappa shape index (κ1) is 28.7. The van der Waals surface area contributed by atoms with Crippen molar-refractivity contribution in [3.63, 3.8) is 0 Å². The maximum absolute atomic E-state index is 13.6. The zero-order valence-electron chi connectivity index (χ0n) is 20.4. The maximum atomic E-state index is 13.6. The highest BCUT2D eigenvalue weighted by Crippen LogP contribution is 2.29. The van der Waals surface area contributed by atoms with Crippen LogP contribution in [-0.4, -0.2) is 57.1 Å². The second-order valence-electron chi connectivity index (χ2n) is 8.33. The monoisotopic (exact) mass is 543 g/mol. The van der Waals surface area contributed by atoms with E-state index in [1.54, 1.807) is 25.1 Å². The van der Waals surface area contributed by atoms with Gasteiger partial charge in [0.25, 0.3) is 0 Å². The summed E-state index contributed by atoms with van der Waals surface area (Å²) in [6.07, 6.45) is 1.33. The lowest BCUT2D eigenvalue weighted by molar-refractivity contribution is -0.140. The minimum atomic E-state index is -3.87. The number of hydrogen-bond acceptors (Lipinski definition) is 5. The first-order valence-corrected chi connectivity index (χ1v) is 13.6. The van der Waals surface area contributed by atoms with Crippen molar-refractivity contribution in [1.82, 2.24) is 10.2 Å². The molecule has 1 atom stereocenters. The van der Waals surface area contributed by atoms with Crippen LogP contribution >= 0.6 is 23.2 Å². The summed E-state index contributed by atoms with van der Waals surface area (Å²) in [5, 5.41) is 3.25. The predicted octanol–water partition coefficient (Wildman–Crippen LogP) is 4.10. The third kappa shape index (κ3) is 8.02. The van der Waals surface area contributed by atoms with Gasteiger partial charge in [0.1, 0.15) is 18.3 Å². The van der Waals surface area contributed by atoms with Gasteiger partial charge in [0.15, 0.2) is 0 Å². The zero-order valence-corrected chi connectivity index (χ0v) is 22.7. The molecule has 0 aliphatic heterocycles. The van der Waals surface area contributed by atoms with Gasteiger partial charge in [-0.1, -0.05) is 42.3 Å². The van der Waals surface area contributed by atoms with Crippen LogP contribution in [0, 0.1) is 0 Å². The lowest BCUT2D eigenvalue weighted by Crippen LogP contribution is -2.53. The van der Waals surface area contributed by atoms with Crippen molar-refractivity contribution in [2.24, 2.45) is 0 Å². The molecule has 0 saturated carbocycles. The van der Waals surface area contributed by atoms with Gasteiger partial charge in [0.05, 0.1) is 29.1 Å². The standard InChI is InChI=1S/C24H31Cl2N3O5S/c1-6-22(24(31)27-16(2)3)28(14-17-8-7-9-19(12-17)34-4)23(30)15-29(35(5,32)33)18-10-11-20(25)21(26)13-18/h7-13,16,22H,6,14-15H2,1-5H3,(H,27,31)/t22-/m0/s1. The third-order valence-corrected chi connectivity index (χ3v) is 7.05. The summed E-state index contributed by atoms with van der Waals surface area (Å²) in [5.41, 5.74) is 0.921. The number of nitrogens with one attached hydrogen (secondary N) is 1. The minimum Gasteiger partial charge on any atom is -0.497 e. The summed E-state index contributed by atoms with van der Waals surface area (Å²) >= 11 is 12.1. The molecular weight excluding hydrogens is 513 g/mol. The van der Waals surface area contributed by atoms with Gasteiger partial charge in [-0.05, 0) is 56.2 Å². The molecule has 2 amide bonds. The highest BCUT2D eigenvalue weighted by atomic mass is 35.5. The summed E-state index contributed by atoms with van der Waals surface area (Å²) in [6, 6.07) is 10.5. The number of carbonyl (C=O) groups excluding carboxylic acids is 2. The van der Waals surface area contributed by atoms with Gasteiger partial charge in [0, 0.05) is 12.6 Å². The van der Waals surface area contributed by atoms with E-state index in [1.165, 1.54) is 30.2 Å². The Kier molecular flexibility index (Phi) is 10.2. The smallest absolute Gasteiger partial charge is 0.244 e. The van der Waals surface area contributed by atoms with E-state index in [1.807, 2.05) is 19.9 Å². The number of benzene rings is 2. The molecule has 2 rings (SSSR count). The van der Waals surface area contributed by atoms with Crippen LogP contribution in [-0.2, 0) is 26.2 Å². The molecule has 192 valence electrons. The number of anilines is 1. The molecular formula is C24H31Cl2N3O5S. The van der Waals surface area contributed by atoms with Crippen LogP contribution < -0.4 is 14.4 Å². The van der Waals surface area contributed by atoms with E-state index in [0.717, 1.165) is 16.1 Å². The Morgan fingerprint density at radius 3 is 2.31 bits per heavy atom. The molecule has 1 N–H and O–H groups in total. The van der Waals surface area contributed by atoms with E-state index in [4.69, 9.17) is 27.9 Å². The molecule has 2 aromatic carbocycles. The van der Waals surface area contributed by atoms with Crippen LogP contribution in [0.15, 0.2) is 42.5 Å². The summed E-state index contributed by atoms with van der Waals surface area (Å²) in [5.74, 6) is -0.266. The molecule has 11 heteroatoms. The summed E-state index contributed by atoms with van der Waals surface area (Å²) < 4.78 is 31.5. The van der Waals surface area contributed by atoms with E-state index in [2.05, 4.69) is 5.32 Å². The quantitative estimate of drug-likeness (QED) is 0.460. The number of nitrogens with zero attached hydrogens (tertiary/aromatic N) is 2. The SMILES string of the molecule is CC[C@@H](C(=O)NC(C)C)N(Cc1cccc(OC)c1)C(=O)CN(c1ccc(Cl)c(Cl)c1)S(C)(=O)=O. The van der Waals surface area contributed by atoms with Crippen LogP contribution in [0.5, 0.6) is 5.75 Å². The van der Waals surface area contributed by atoms with E-state index in [9.17, 15) is 18.0 Å². The fourth-order valence-electron chi connectivity index (χ4n) is 3.52. The Morgan fingerprint density at radius 1 is 1.09 bits per heavy atom. The largest absolute Gasteiger partial charge is 0.497 e.